The molecule has 2 aliphatic rings. The van der Waals surface area contributed by atoms with Crippen LogP contribution >= 0.6 is 0 Å². The molecule has 1 unspecified atom stereocenters. The van der Waals surface area contributed by atoms with Gasteiger partial charge in [0.15, 0.2) is 0 Å². The van der Waals surface area contributed by atoms with Gasteiger partial charge in [0.05, 0.1) is 6.54 Å². The van der Waals surface area contributed by atoms with Gasteiger partial charge >= 0.3 is 0 Å². The third-order valence-corrected chi connectivity index (χ3v) is 3.67. The summed E-state index contributed by atoms with van der Waals surface area (Å²) >= 11 is 0. The van der Waals surface area contributed by atoms with Crippen LogP contribution in [0.3, 0.4) is 0 Å². The first kappa shape index (κ1) is 12.8. The fraction of sp³-hybridized carbons (Fsp3) is 0.923. The van der Waals surface area contributed by atoms with Gasteiger partial charge < -0.3 is 10.6 Å². The van der Waals surface area contributed by atoms with E-state index in [-0.39, 0.29) is 5.91 Å². The molecule has 0 aromatic carbocycles. The largest absolute Gasteiger partial charge is 0.352 e. The Bertz CT molecular complexity index is 247. The summed E-state index contributed by atoms with van der Waals surface area (Å²) in [4.78, 5) is 13.7. The van der Waals surface area contributed by atoms with E-state index in [1.807, 2.05) is 7.05 Å². The zero-order valence-corrected chi connectivity index (χ0v) is 10.9. The zero-order valence-electron chi connectivity index (χ0n) is 10.9. The Morgan fingerprint density at radius 2 is 2.24 bits per heavy atom. The van der Waals surface area contributed by atoms with Crippen LogP contribution in [0, 0.1) is 5.92 Å². The summed E-state index contributed by atoms with van der Waals surface area (Å²) in [5.41, 5.74) is 0. The standard InChI is InChI=1S/C13H25N3O/c1-16(10-13(17)15-12-4-5-12)8-6-11-3-2-7-14-9-11/h11-12,14H,2-10H2,1H3,(H,15,17). The third kappa shape index (κ3) is 5.04. The number of likely N-dealkylation sites (N-methyl/N-ethyl adjacent to an activating group) is 1. The number of hydrogen-bond acceptors (Lipinski definition) is 3. The topological polar surface area (TPSA) is 44.4 Å². The molecule has 0 aromatic heterocycles. The van der Waals surface area contributed by atoms with Crippen molar-refractivity contribution in [2.24, 2.45) is 5.92 Å². The number of carbonyl (C=O) groups excluding carboxylic acids is 1. The van der Waals surface area contributed by atoms with E-state index in [0.717, 1.165) is 19.0 Å². The molecule has 2 fully saturated rings. The summed E-state index contributed by atoms with van der Waals surface area (Å²) in [7, 11) is 2.04. The highest BCUT2D eigenvalue weighted by Crippen LogP contribution is 2.18. The fourth-order valence-corrected chi connectivity index (χ4v) is 2.40. The van der Waals surface area contributed by atoms with Gasteiger partial charge in [0.1, 0.15) is 0 Å². The molecule has 98 valence electrons. The van der Waals surface area contributed by atoms with Crippen LogP contribution in [0.15, 0.2) is 0 Å². The maximum atomic E-state index is 11.6. The predicted octanol–water partition coefficient (Wildman–Crippen LogP) is 0.587. The van der Waals surface area contributed by atoms with E-state index in [2.05, 4.69) is 15.5 Å². The second-order valence-corrected chi connectivity index (χ2v) is 5.58. The summed E-state index contributed by atoms with van der Waals surface area (Å²) in [5, 5.41) is 6.47. The van der Waals surface area contributed by atoms with E-state index >= 15 is 0 Å². The SMILES string of the molecule is CN(CCC1CCCNC1)CC(=O)NC1CC1. The number of hydrogen-bond donors (Lipinski definition) is 2. The maximum absolute atomic E-state index is 11.6. The van der Waals surface area contributed by atoms with Crippen LogP contribution < -0.4 is 10.6 Å². The lowest BCUT2D eigenvalue weighted by Crippen LogP contribution is -2.38. The number of rotatable bonds is 6. The monoisotopic (exact) mass is 239 g/mol. The summed E-state index contributed by atoms with van der Waals surface area (Å²) in [6.45, 7) is 3.92. The molecule has 1 heterocycles. The minimum Gasteiger partial charge on any atom is -0.352 e. The Hall–Kier alpha value is -0.610. The van der Waals surface area contributed by atoms with Crippen LogP contribution in [0.5, 0.6) is 0 Å². The average Bonchev–Trinajstić information content (AvgIpc) is 3.11. The lowest BCUT2D eigenvalue weighted by atomic mass is 9.96. The molecule has 1 atom stereocenters. The molecule has 1 saturated heterocycles. The van der Waals surface area contributed by atoms with Crippen molar-refractivity contribution >= 4 is 5.91 Å². The van der Waals surface area contributed by atoms with E-state index in [0.29, 0.717) is 12.6 Å². The molecule has 0 radical (unpaired) electrons. The summed E-state index contributed by atoms with van der Waals surface area (Å²) in [5.74, 6) is 0.995. The van der Waals surface area contributed by atoms with Crippen LogP contribution in [0.2, 0.25) is 0 Å². The number of piperidine rings is 1. The van der Waals surface area contributed by atoms with Crippen LogP contribution in [0.25, 0.3) is 0 Å². The van der Waals surface area contributed by atoms with E-state index in [1.54, 1.807) is 0 Å². The van der Waals surface area contributed by atoms with Gasteiger partial charge in [-0.25, -0.2) is 0 Å². The van der Waals surface area contributed by atoms with Gasteiger partial charge in [0.2, 0.25) is 5.91 Å². The summed E-state index contributed by atoms with van der Waals surface area (Å²) in [6, 6.07) is 0.485. The number of nitrogens with one attached hydrogen (secondary N) is 2. The number of amides is 1. The van der Waals surface area contributed by atoms with Crippen molar-refractivity contribution in [2.75, 3.05) is 33.2 Å². The lowest BCUT2D eigenvalue weighted by Gasteiger charge is -2.25. The third-order valence-electron chi connectivity index (χ3n) is 3.67. The van der Waals surface area contributed by atoms with Gasteiger partial charge in [-0.3, -0.25) is 9.69 Å². The highest BCUT2D eigenvalue weighted by molar-refractivity contribution is 5.78. The van der Waals surface area contributed by atoms with Crippen molar-refractivity contribution in [1.82, 2.24) is 15.5 Å². The van der Waals surface area contributed by atoms with E-state index in [4.69, 9.17) is 0 Å². The fourth-order valence-electron chi connectivity index (χ4n) is 2.40. The Kier molecular flexibility index (Phi) is 4.80. The lowest BCUT2D eigenvalue weighted by molar-refractivity contribution is -0.122. The van der Waals surface area contributed by atoms with Gasteiger partial charge in [-0.2, -0.15) is 0 Å². The first-order chi connectivity index (χ1) is 8.24. The van der Waals surface area contributed by atoms with Gasteiger partial charge in [-0.1, -0.05) is 0 Å². The van der Waals surface area contributed by atoms with E-state index in [9.17, 15) is 4.79 Å². The molecular formula is C13H25N3O. The molecule has 0 bridgehead atoms. The van der Waals surface area contributed by atoms with Gasteiger partial charge in [0, 0.05) is 6.04 Å². The molecule has 0 aromatic rings. The molecule has 17 heavy (non-hydrogen) atoms. The number of carbonyl (C=O) groups is 1. The van der Waals surface area contributed by atoms with Crippen molar-refractivity contribution in [3.8, 4) is 0 Å². The number of nitrogens with zero attached hydrogens (tertiary/aromatic N) is 1. The molecule has 4 heteroatoms. The van der Waals surface area contributed by atoms with Crippen LogP contribution in [-0.4, -0.2) is 50.1 Å². The van der Waals surface area contributed by atoms with Crippen molar-refractivity contribution in [1.29, 1.82) is 0 Å². The van der Waals surface area contributed by atoms with Crippen molar-refractivity contribution in [2.45, 2.75) is 38.1 Å². The average molecular weight is 239 g/mol. The minimum absolute atomic E-state index is 0.191. The molecule has 2 N–H and O–H groups in total. The summed E-state index contributed by atoms with van der Waals surface area (Å²) in [6.07, 6.45) is 6.19. The second-order valence-electron chi connectivity index (χ2n) is 5.58. The molecule has 0 spiro atoms. The predicted molar refractivity (Wildman–Crippen MR) is 68.9 cm³/mol. The minimum atomic E-state index is 0.191. The Balaban J connectivity index is 1.55. The van der Waals surface area contributed by atoms with E-state index < -0.39 is 0 Å². The van der Waals surface area contributed by atoms with Gasteiger partial charge in [0.25, 0.3) is 0 Å². The first-order valence-corrected chi connectivity index (χ1v) is 6.92. The Morgan fingerprint density at radius 1 is 1.41 bits per heavy atom. The molecule has 1 amide bonds. The van der Waals surface area contributed by atoms with Crippen molar-refractivity contribution in [3.63, 3.8) is 0 Å². The first-order valence-electron chi connectivity index (χ1n) is 6.92. The van der Waals surface area contributed by atoms with Gasteiger partial charge in [-0.05, 0) is 64.7 Å². The van der Waals surface area contributed by atoms with Crippen molar-refractivity contribution in [3.05, 3.63) is 0 Å². The Labute approximate surface area is 104 Å². The smallest absolute Gasteiger partial charge is 0.234 e. The normalized spacial score (nSPS) is 24.9. The van der Waals surface area contributed by atoms with Crippen molar-refractivity contribution < 1.29 is 4.79 Å². The quantitative estimate of drug-likeness (QED) is 0.713. The maximum Gasteiger partial charge on any atom is 0.234 e. The molecule has 2 rings (SSSR count). The highest BCUT2D eigenvalue weighted by atomic mass is 16.2. The zero-order chi connectivity index (χ0) is 12.1. The molecule has 1 aliphatic heterocycles. The Morgan fingerprint density at radius 3 is 2.88 bits per heavy atom. The van der Waals surface area contributed by atoms with Crippen LogP contribution in [0.1, 0.15) is 32.1 Å². The second kappa shape index (κ2) is 6.36. The van der Waals surface area contributed by atoms with Gasteiger partial charge in [-0.15, -0.1) is 0 Å². The molecule has 4 nitrogen and oxygen atoms in total. The molecular weight excluding hydrogens is 214 g/mol. The highest BCUT2D eigenvalue weighted by Gasteiger charge is 2.23. The molecule has 1 aliphatic carbocycles. The molecule has 1 saturated carbocycles. The van der Waals surface area contributed by atoms with E-state index in [1.165, 1.54) is 38.6 Å². The summed E-state index contributed by atoms with van der Waals surface area (Å²) < 4.78 is 0. The van der Waals surface area contributed by atoms with Crippen LogP contribution in [0.4, 0.5) is 0 Å². The van der Waals surface area contributed by atoms with Crippen LogP contribution in [-0.2, 0) is 4.79 Å².